The molecule has 100 valence electrons. The maximum Gasteiger partial charge on any atom is 0.396 e. The lowest BCUT2D eigenvalue weighted by atomic mass is 10.4. The molecule has 0 N–H and O–H groups in total. The standard InChI is InChI=1S/C10H12N6O2S/c1-14-5-11-8(16(17)18)9(14)19-10-13-12-7(15(10)2)6-3-4-6/h5-6H,3-4H2,1-2H3. The van der Waals surface area contributed by atoms with E-state index < -0.39 is 4.92 Å². The second-order valence-electron chi connectivity index (χ2n) is 4.52. The van der Waals surface area contributed by atoms with E-state index in [1.165, 1.54) is 18.1 Å². The van der Waals surface area contributed by atoms with E-state index >= 15 is 0 Å². The minimum Gasteiger partial charge on any atom is -0.358 e. The molecule has 0 saturated heterocycles. The normalized spacial score (nSPS) is 14.8. The van der Waals surface area contributed by atoms with Crippen LogP contribution >= 0.6 is 11.8 Å². The fourth-order valence-corrected chi connectivity index (χ4v) is 2.74. The van der Waals surface area contributed by atoms with Gasteiger partial charge in [-0.3, -0.25) is 0 Å². The first-order valence-corrected chi connectivity index (χ1v) is 6.62. The van der Waals surface area contributed by atoms with Crippen molar-refractivity contribution in [2.75, 3.05) is 0 Å². The second kappa shape index (κ2) is 4.34. The van der Waals surface area contributed by atoms with Crippen molar-refractivity contribution in [2.24, 2.45) is 14.1 Å². The summed E-state index contributed by atoms with van der Waals surface area (Å²) in [6.07, 6.45) is 3.71. The van der Waals surface area contributed by atoms with Gasteiger partial charge in [0.25, 0.3) is 0 Å². The number of aryl methyl sites for hydroxylation is 1. The number of aromatic nitrogens is 5. The number of rotatable bonds is 4. The Morgan fingerprint density at radius 3 is 2.79 bits per heavy atom. The molecule has 1 aliphatic carbocycles. The highest BCUT2D eigenvalue weighted by Crippen LogP contribution is 2.40. The highest BCUT2D eigenvalue weighted by Gasteiger charge is 2.30. The molecule has 0 unspecified atom stereocenters. The van der Waals surface area contributed by atoms with Crippen LogP contribution in [0.25, 0.3) is 0 Å². The molecule has 0 aromatic carbocycles. The van der Waals surface area contributed by atoms with Crippen LogP contribution in [0.2, 0.25) is 0 Å². The molecule has 0 atom stereocenters. The Morgan fingerprint density at radius 1 is 1.42 bits per heavy atom. The van der Waals surface area contributed by atoms with Crippen molar-refractivity contribution >= 4 is 17.6 Å². The van der Waals surface area contributed by atoms with Gasteiger partial charge in [-0.2, -0.15) is 0 Å². The van der Waals surface area contributed by atoms with E-state index in [2.05, 4.69) is 15.2 Å². The zero-order valence-corrected chi connectivity index (χ0v) is 11.3. The van der Waals surface area contributed by atoms with Gasteiger partial charge < -0.3 is 19.2 Å². The Balaban J connectivity index is 1.93. The summed E-state index contributed by atoms with van der Waals surface area (Å²) in [5, 5.41) is 20.3. The Labute approximate surface area is 113 Å². The molecule has 2 heterocycles. The molecule has 2 aromatic heterocycles. The molecule has 1 fully saturated rings. The number of imidazole rings is 1. The van der Waals surface area contributed by atoms with E-state index in [9.17, 15) is 10.1 Å². The average Bonchev–Trinajstić information content (AvgIpc) is 3.05. The van der Waals surface area contributed by atoms with Gasteiger partial charge in [-0.25, -0.2) is 0 Å². The third-order valence-electron chi connectivity index (χ3n) is 3.04. The van der Waals surface area contributed by atoms with E-state index in [4.69, 9.17) is 0 Å². The summed E-state index contributed by atoms with van der Waals surface area (Å²) in [4.78, 5) is 14.2. The van der Waals surface area contributed by atoms with Gasteiger partial charge in [0.15, 0.2) is 10.2 Å². The van der Waals surface area contributed by atoms with Crippen LogP contribution in [0.3, 0.4) is 0 Å². The smallest absolute Gasteiger partial charge is 0.358 e. The average molecular weight is 280 g/mol. The number of hydrogen-bond donors (Lipinski definition) is 0. The number of nitro groups is 1. The van der Waals surface area contributed by atoms with Crippen molar-refractivity contribution in [2.45, 2.75) is 28.9 Å². The zero-order chi connectivity index (χ0) is 13.6. The Morgan fingerprint density at radius 2 is 2.16 bits per heavy atom. The second-order valence-corrected chi connectivity index (χ2v) is 5.47. The minimum absolute atomic E-state index is 0.150. The van der Waals surface area contributed by atoms with Gasteiger partial charge in [-0.1, -0.05) is 0 Å². The van der Waals surface area contributed by atoms with Crippen LogP contribution in [0, 0.1) is 10.1 Å². The van der Waals surface area contributed by atoms with Crippen molar-refractivity contribution in [3.05, 3.63) is 22.3 Å². The molecular weight excluding hydrogens is 268 g/mol. The first kappa shape index (κ1) is 12.2. The fraction of sp³-hybridized carbons (Fsp3) is 0.500. The summed E-state index contributed by atoms with van der Waals surface area (Å²) in [5.41, 5.74) is 0. The lowest BCUT2D eigenvalue weighted by molar-refractivity contribution is -0.392. The summed E-state index contributed by atoms with van der Waals surface area (Å²) in [6, 6.07) is 0. The van der Waals surface area contributed by atoms with Crippen LogP contribution in [0.1, 0.15) is 24.6 Å². The van der Waals surface area contributed by atoms with Crippen LogP contribution in [0.4, 0.5) is 5.82 Å². The van der Waals surface area contributed by atoms with E-state index in [0.29, 0.717) is 16.1 Å². The van der Waals surface area contributed by atoms with E-state index in [1.54, 1.807) is 11.6 Å². The van der Waals surface area contributed by atoms with E-state index in [1.807, 2.05) is 11.6 Å². The van der Waals surface area contributed by atoms with Crippen molar-refractivity contribution in [1.82, 2.24) is 24.3 Å². The largest absolute Gasteiger partial charge is 0.396 e. The minimum atomic E-state index is -0.486. The van der Waals surface area contributed by atoms with Gasteiger partial charge >= 0.3 is 5.82 Å². The molecule has 0 bridgehead atoms. The van der Waals surface area contributed by atoms with Crippen LogP contribution in [-0.2, 0) is 14.1 Å². The van der Waals surface area contributed by atoms with Gasteiger partial charge in [0.2, 0.25) is 6.33 Å². The predicted octanol–water partition coefficient (Wildman–Crippen LogP) is 1.49. The highest BCUT2D eigenvalue weighted by molar-refractivity contribution is 7.99. The molecule has 1 saturated carbocycles. The van der Waals surface area contributed by atoms with E-state index in [0.717, 1.165) is 18.7 Å². The molecule has 2 aromatic rings. The molecule has 3 rings (SSSR count). The summed E-state index contributed by atoms with van der Waals surface area (Å²) in [7, 11) is 3.61. The maximum atomic E-state index is 10.9. The SMILES string of the molecule is Cn1cnc([N+](=O)[O-])c1Sc1nnc(C2CC2)n1C. The maximum absolute atomic E-state index is 10.9. The van der Waals surface area contributed by atoms with Gasteiger partial charge in [-0.05, 0) is 34.5 Å². The lowest BCUT2D eigenvalue weighted by Gasteiger charge is -2.02. The van der Waals surface area contributed by atoms with Gasteiger partial charge in [0, 0.05) is 20.0 Å². The number of hydrogen-bond acceptors (Lipinski definition) is 6. The first-order valence-electron chi connectivity index (χ1n) is 5.80. The highest BCUT2D eigenvalue weighted by atomic mass is 32.2. The Kier molecular flexibility index (Phi) is 2.77. The van der Waals surface area contributed by atoms with Crippen molar-refractivity contribution in [3.63, 3.8) is 0 Å². The van der Waals surface area contributed by atoms with Crippen LogP contribution in [-0.4, -0.2) is 29.2 Å². The van der Waals surface area contributed by atoms with Crippen molar-refractivity contribution < 1.29 is 4.92 Å². The van der Waals surface area contributed by atoms with Crippen molar-refractivity contribution in [1.29, 1.82) is 0 Å². The van der Waals surface area contributed by atoms with Crippen LogP contribution in [0.15, 0.2) is 16.5 Å². The topological polar surface area (TPSA) is 91.7 Å². The number of nitrogens with zero attached hydrogens (tertiary/aromatic N) is 6. The Hall–Kier alpha value is -1.90. The van der Waals surface area contributed by atoms with Crippen LogP contribution in [0.5, 0.6) is 0 Å². The van der Waals surface area contributed by atoms with Gasteiger partial charge in [-0.15, -0.1) is 10.2 Å². The fourth-order valence-electron chi connectivity index (χ4n) is 1.85. The molecule has 0 radical (unpaired) electrons. The molecule has 9 heteroatoms. The Bertz CT molecular complexity index is 644. The molecule has 19 heavy (non-hydrogen) atoms. The molecular formula is C10H12N6O2S. The van der Waals surface area contributed by atoms with Gasteiger partial charge in [0.05, 0.1) is 0 Å². The molecule has 8 nitrogen and oxygen atoms in total. The quantitative estimate of drug-likeness (QED) is 0.622. The third kappa shape index (κ3) is 2.09. The van der Waals surface area contributed by atoms with Crippen molar-refractivity contribution in [3.8, 4) is 0 Å². The zero-order valence-electron chi connectivity index (χ0n) is 10.5. The molecule has 0 amide bonds. The summed E-state index contributed by atoms with van der Waals surface area (Å²) in [5.74, 6) is 1.30. The molecule has 0 spiro atoms. The third-order valence-corrected chi connectivity index (χ3v) is 4.24. The monoisotopic (exact) mass is 280 g/mol. The van der Waals surface area contributed by atoms with E-state index in [-0.39, 0.29) is 5.82 Å². The summed E-state index contributed by atoms with van der Waals surface area (Å²) >= 11 is 1.22. The summed E-state index contributed by atoms with van der Waals surface area (Å²) < 4.78 is 3.52. The first-order chi connectivity index (χ1) is 9.08. The predicted molar refractivity (Wildman–Crippen MR) is 67.0 cm³/mol. The molecule has 1 aliphatic rings. The lowest BCUT2D eigenvalue weighted by Crippen LogP contribution is -1.99. The van der Waals surface area contributed by atoms with Crippen LogP contribution < -0.4 is 0 Å². The summed E-state index contributed by atoms with van der Waals surface area (Å²) in [6.45, 7) is 0. The van der Waals surface area contributed by atoms with Gasteiger partial charge in [0.1, 0.15) is 5.82 Å². The molecule has 0 aliphatic heterocycles.